The van der Waals surface area contributed by atoms with E-state index in [2.05, 4.69) is 0 Å². The second-order valence-electron chi connectivity index (χ2n) is 5.30. The number of nitro groups is 1. The summed E-state index contributed by atoms with van der Waals surface area (Å²) in [6.07, 6.45) is 0.781. The molecule has 0 aliphatic heterocycles. The van der Waals surface area contributed by atoms with Crippen LogP contribution in [0.5, 0.6) is 0 Å². The molecule has 5 nitrogen and oxygen atoms in total. The zero-order valence-corrected chi connectivity index (χ0v) is 14.0. The van der Waals surface area contributed by atoms with Crippen LogP contribution in [-0.2, 0) is 13.0 Å². The summed E-state index contributed by atoms with van der Waals surface area (Å²) in [4.78, 5) is 12.5. The molecule has 0 heterocycles. The minimum Gasteiger partial charge on any atom is -0.329 e. The maximum atomic E-state index is 14.0. The predicted octanol–water partition coefficient (Wildman–Crippen LogP) is 3.16. The Morgan fingerprint density at radius 1 is 1.08 bits per heavy atom. The van der Waals surface area contributed by atoms with E-state index in [1.54, 1.807) is 0 Å². The molecule has 0 fully saturated rings. The monoisotopic (exact) mass is 353 g/mol. The van der Waals surface area contributed by atoms with Crippen molar-refractivity contribution in [2.75, 3.05) is 19.6 Å². The Bertz CT molecular complexity index is 656. The number of hydrogen-bond donors (Lipinski definition) is 1. The third-order valence-electron chi connectivity index (χ3n) is 3.68. The quantitative estimate of drug-likeness (QED) is 0.584. The van der Waals surface area contributed by atoms with Crippen LogP contribution in [0.4, 0.5) is 10.1 Å². The van der Waals surface area contributed by atoms with E-state index in [1.807, 2.05) is 35.2 Å². The van der Waals surface area contributed by atoms with Crippen molar-refractivity contribution in [2.45, 2.75) is 13.0 Å². The van der Waals surface area contributed by atoms with Crippen molar-refractivity contribution in [3.05, 3.63) is 75.6 Å². The second kappa shape index (κ2) is 9.97. The molecule has 2 aromatic carbocycles. The molecular weight excluding hydrogens is 333 g/mol. The predicted molar refractivity (Wildman–Crippen MR) is 94.8 cm³/mol. The molecule has 2 aromatic rings. The Balaban J connectivity index is 0.00000288. The van der Waals surface area contributed by atoms with Gasteiger partial charge in [-0.2, -0.15) is 0 Å². The van der Waals surface area contributed by atoms with Crippen LogP contribution in [0, 0.1) is 15.9 Å². The van der Waals surface area contributed by atoms with Gasteiger partial charge in [0.15, 0.2) is 0 Å². The maximum absolute atomic E-state index is 14.0. The lowest BCUT2D eigenvalue weighted by molar-refractivity contribution is -0.386. The Labute approximate surface area is 146 Å². The average molecular weight is 354 g/mol. The molecule has 130 valence electrons. The normalized spacial score (nSPS) is 10.5. The molecular formula is C17H21ClFN3O2. The minimum atomic E-state index is -0.555. The summed E-state index contributed by atoms with van der Waals surface area (Å²) in [5.41, 5.74) is 6.71. The summed E-state index contributed by atoms with van der Waals surface area (Å²) >= 11 is 0. The van der Waals surface area contributed by atoms with Crippen molar-refractivity contribution in [2.24, 2.45) is 5.73 Å². The molecule has 0 radical (unpaired) electrons. The summed E-state index contributed by atoms with van der Waals surface area (Å²) < 4.78 is 14.0. The molecule has 0 unspecified atom stereocenters. The van der Waals surface area contributed by atoms with Gasteiger partial charge in [0.25, 0.3) is 5.69 Å². The number of nitrogens with zero attached hydrogens (tertiary/aromatic N) is 2. The van der Waals surface area contributed by atoms with Crippen LogP contribution in [0.2, 0.25) is 0 Å². The van der Waals surface area contributed by atoms with Gasteiger partial charge in [-0.25, -0.2) is 4.39 Å². The van der Waals surface area contributed by atoms with Crippen LogP contribution in [-0.4, -0.2) is 29.5 Å². The van der Waals surface area contributed by atoms with Crippen molar-refractivity contribution < 1.29 is 9.31 Å². The zero-order valence-electron chi connectivity index (χ0n) is 13.2. The lowest BCUT2D eigenvalue weighted by Crippen LogP contribution is -2.31. The molecule has 0 amide bonds. The third kappa shape index (κ3) is 5.56. The lowest BCUT2D eigenvalue weighted by atomic mass is 10.1. The second-order valence-corrected chi connectivity index (χ2v) is 5.30. The average Bonchev–Trinajstić information content (AvgIpc) is 2.55. The van der Waals surface area contributed by atoms with Gasteiger partial charge in [-0.05, 0) is 18.1 Å². The fraction of sp³-hybridized carbons (Fsp3) is 0.294. The summed E-state index contributed by atoms with van der Waals surface area (Å²) in [6.45, 7) is 1.80. The number of nitrogens with two attached hydrogens (primary N) is 1. The summed E-state index contributed by atoms with van der Waals surface area (Å²) in [6, 6.07) is 13.8. The van der Waals surface area contributed by atoms with Gasteiger partial charge >= 0.3 is 0 Å². The van der Waals surface area contributed by atoms with Crippen LogP contribution < -0.4 is 5.73 Å². The molecule has 0 saturated carbocycles. The number of benzene rings is 2. The van der Waals surface area contributed by atoms with E-state index in [1.165, 1.54) is 18.2 Å². The number of nitro benzene ring substituents is 1. The molecule has 7 heteroatoms. The van der Waals surface area contributed by atoms with Gasteiger partial charge in [0.05, 0.1) is 10.5 Å². The first-order valence-electron chi connectivity index (χ1n) is 7.50. The standard InChI is InChI=1S/C17H20FN3O2.ClH/c18-16-7-4-8-17(21(22)23)15(16)13-20(12-10-19)11-9-14-5-2-1-3-6-14;/h1-8H,9-13,19H2;1H. The molecule has 0 bridgehead atoms. The van der Waals surface area contributed by atoms with E-state index >= 15 is 0 Å². The van der Waals surface area contributed by atoms with Crippen LogP contribution in [0.3, 0.4) is 0 Å². The summed E-state index contributed by atoms with van der Waals surface area (Å²) in [7, 11) is 0. The van der Waals surface area contributed by atoms with Crippen molar-refractivity contribution in [1.82, 2.24) is 4.90 Å². The fourth-order valence-corrected chi connectivity index (χ4v) is 2.48. The van der Waals surface area contributed by atoms with Gasteiger partial charge in [-0.1, -0.05) is 36.4 Å². The van der Waals surface area contributed by atoms with Crippen molar-refractivity contribution in [3.8, 4) is 0 Å². The largest absolute Gasteiger partial charge is 0.329 e. The summed E-state index contributed by atoms with van der Waals surface area (Å²) in [5, 5.41) is 11.1. The highest BCUT2D eigenvalue weighted by Gasteiger charge is 2.20. The maximum Gasteiger partial charge on any atom is 0.276 e. The molecule has 0 aromatic heterocycles. The lowest BCUT2D eigenvalue weighted by Gasteiger charge is -2.21. The van der Waals surface area contributed by atoms with Gasteiger partial charge in [0.2, 0.25) is 0 Å². The molecule has 0 aliphatic rings. The van der Waals surface area contributed by atoms with E-state index in [0.717, 1.165) is 12.0 Å². The van der Waals surface area contributed by atoms with E-state index in [9.17, 15) is 14.5 Å². The van der Waals surface area contributed by atoms with Crippen molar-refractivity contribution >= 4 is 18.1 Å². The first kappa shape index (κ1) is 20.0. The van der Waals surface area contributed by atoms with E-state index in [4.69, 9.17) is 5.73 Å². The van der Waals surface area contributed by atoms with Gasteiger partial charge in [-0.3, -0.25) is 15.0 Å². The molecule has 24 heavy (non-hydrogen) atoms. The van der Waals surface area contributed by atoms with Gasteiger partial charge < -0.3 is 5.73 Å². The Morgan fingerprint density at radius 2 is 1.79 bits per heavy atom. The van der Waals surface area contributed by atoms with Crippen LogP contribution in [0.15, 0.2) is 48.5 Å². The Hall–Kier alpha value is -2.02. The molecule has 2 N–H and O–H groups in total. The van der Waals surface area contributed by atoms with E-state index < -0.39 is 10.7 Å². The molecule has 0 saturated heterocycles. The number of rotatable bonds is 8. The Kier molecular flexibility index (Phi) is 8.32. The fourth-order valence-electron chi connectivity index (χ4n) is 2.48. The summed E-state index contributed by atoms with van der Waals surface area (Å²) in [5.74, 6) is -0.555. The number of hydrogen-bond acceptors (Lipinski definition) is 4. The Morgan fingerprint density at radius 3 is 2.42 bits per heavy atom. The molecule has 0 spiro atoms. The highest BCUT2D eigenvalue weighted by atomic mass is 35.5. The zero-order chi connectivity index (χ0) is 16.7. The topological polar surface area (TPSA) is 72.4 Å². The molecule has 0 aliphatic carbocycles. The van der Waals surface area contributed by atoms with E-state index in [0.29, 0.717) is 19.6 Å². The van der Waals surface area contributed by atoms with Crippen LogP contribution >= 0.6 is 12.4 Å². The smallest absolute Gasteiger partial charge is 0.276 e. The minimum absolute atomic E-state index is 0. The van der Waals surface area contributed by atoms with Gasteiger partial charge in [-0.15, -0.1) is 12.4 Å². The highest BCUT2D eigenvalue weighted by molar-refractivity contribution is 5.85. The number of halogens is 2. The SMILES string of the molecule is Cl.NCCN(CCc1ccccc1)Cc1c(F)cccc1[N+](=O)[O-]. The van der Waals surface area contributed by atoms with Crippen LogP contribution in [0.25, 0.3) is 0 Å². The van der Waals surface area contributed by atoms with Crippen LogP contribution in [0.1, 0.15) is 11.1 Å². The van der Waals surface area contributed by atoms with Crippen molar-refractivity contribution in [1.29, 1.82) is 0 Å². The van der Waals surface area contributed by atoms with Gasteiger partial charge in [0.1, 0.15) is 5.82 Å². The molecule has 0 atom stereocenters. The van der Waals surface area contributed by atoms with Gasteiger partial charge in [0, 0.05) is 32.2 Å². The first-order chi connectivity index (χ1) is 11.1. The van der Waals surface area contributed by atoms with E-state index in [-0.39, 0.29) is 30.2 Å². The highest BCUT2D eigenvalue weighted by Crippen LogP contribution is 2.23. The molecule has 2 rings (SSSR count). The first-order valence-corrected chi connectivity index (χ1v) is 7.50. The van der Waals surface area contributed by atoms with Crippen molar-refractivity contribution in [3.63, 3.8) is 0 Å². The third-order valence-corrected chi connectivity index (χ3v) is 3.68.